The van der Waals surface area contributed by atoms with Crippen molar-refractivity contribution in [1.29, 1.82) is 0 Å². The highest BCUT2D eigenvalue weighted by Crippen LogP contribution is 2.25. The van der Waals surface area contributed by atoms with Gasteiger partial charge in [-0.25, -0.2) is 9.97 Å². The van der Waals surface area contributed by atoms with E-state index in [4.69, 9.17) is 9.97 Å². The topological polar surface area (TPSA) is 53.4 Å². The summed E-state index contributed by atoms with van der Waals surface area (Å²) >= 11 is 0. The van der Waals surface area contributed by atoms with Crippen LogP contribution in [0.3, 0.4) is 0 Å². The van der Waals surface area contributed by atoms with Gasteiger partial charge in [-0.3, -0.25) is 5.43 Å². The molecule has 3 aromatic carbocycles. The number of rotatable bonds is 5. The fraction of sp³-hybridized carbons (Fsp3) is 0.125. The zero-order chi connectivity index (χ0) is 20.2. The maximum absolute atomic E-state index is 4.73. The van der Waals surface area contributed by atoms with E-state index < -0.39 is 0 Å². The number of hydrogen-bond acceptors (Lipinski definition) is 5. The molecular formula is C24H23N5. The first-order chi connectivity index (χ1) is 14.1. The third kappa shape index (κ3) is 4.24. The Bertz CT molecular complexity index is 1150. The summed E-state index contributed by atoms with van der Waals surface area (Å²) in [6.07, 6.45) is 1.79. The molecule has 0 fully saturated rings. The normalized spacial score (nSPS) is 11.1. The summed E-state index contributed by atoms with van der Waals surface area (Å²) in [5, 5.41) is 5.34. The molecule has 0 amide bonds. The van der Waals surface area contributed by atoms with Gasteiger partial charge in [-0.1, -0.05) is 54.1 Å². The Labute approximate surface area is 170 Å². The van der Waals surface area contributed by atoms with Crippen molar-refractivity contribution in [3.05, 3.63) is 83.9 Å². The average molecular weight is 381 g/mol. The van der Waals surface area contributed by atoms with Crippen LogP contribution in [-0.2, 0) is 0 Å². The van der Waals surface area contributed by atoms with Gasteiger partial charge in [0.1, 0.15) is 0 Å². The van der Waals surface area contributed by atoms with E-state index in [-0.39, 0.29) is 0 Å². The van der Waals surface area contributed by atoms with E-state index in [2.05, 4.69) is 46.6 Å². The van der Waals surface area contributed by atoms with Crippen LogP contribution in [0.4, 0.5) is 11.5 Å². The number of benzene rings is 3. The van der Waals surface area contributed by atoms with Gasteiger partial charge in [-0.15, -0.1) is 0 Å². The highest BCUT2D eigenvalue weighted by molar-refractivity contribution is 5.91. The standard InChI is InChI=1S/C24H23N5/c1-17-8-12-19(13-9-17)23-26-22-7-5-4-6-21(22)24(27-23)28-25-16-18-10-14-20(15-11-18)29(2)3/h4-16H,1-3H3,(H,26,27,28)/b25-16-. The second-order valence-corrected chi connectivity index (χ2v) is 7.13. The van der Waals surface area contributed by atoms with Crippen molar-refractivity contribution in [3.63, 3.8) is 0 Å². The van der Waals surface area contributed by atoms with Crippen LogP contribution in [0, 0.1) is 6.92 Å². The summed E-state index contributed by atoms with van der Waals surface area (Å²) < 4.78 is 0. The molecule has 0 radical (unpaired) electrons. The Kier molecular flexibility index (Phi) is 5.20. The maximum atomic E-state index is 4.73. The first kappa shape index (κ1) is 18.6. The second-order valence-electron chi connectivity index (χ2n) is 7.13. The van der Waals surface area contributed by atoms with Crippen molar-refractivity contribution in [2.45, 2.75) is 6.92 Å². The number of fused-ring (bicyclic) bond motifs is 1. The van der Waals surface area contributed by atoms with Crippen molar-refractivity contribution in [3.8, 4) is 11.4 Å². The summed E-state index contributed by atoms with van der Waals surface area (Å²) in [6, 6.07) is 24.4. The van der Waals surface area contributed by atoms with Crippen molar-refractivity contribution in [1.82, 2.24) is 9.97 Å². The molecule has 1 heterocycles. The molecule has 0 aliphatic rings. The molecule has 0 saturated heterocycles. The van der Waals surface area contributed by atoms with Gasteiger partial charge in [0.25, 0.3) is 0 Å². The predicted molar refractivity (Wildman–Crippen MR) is 122 cm³/mol. The van der Waals surface area contributed by atoms with Gasteiger partial charge in [-0.05, 0) is 36.8 Å². The van der Waals surface area contributed by atoms with Crippen LogP contribution in [0.5, 0.6) is 0 Å². The van der Waals surface area contributed by atoms with Gasteiger partial charge in [0.2, 0.25) is 0 Å². The molecular weight excluding hydrogens is 358 g/mol. The van der Waals surface area contributed by atoms with Crippen LogP contribution >= 0.6 is 0 Å². The number of aryl methyl sites for hydroxylation is 1. The summed E-state index contributed by atoms with van der Waals surface area (Å²) in [5.41, 5.74) is 8.34. The summed E-state index contributed by atoms with van der Waals surface area (Å²) in [7, 11) is 4.05. The van der Waals surface area contributed by atoms with Gasteiger partial charge in [0.05, 0.1) is 11.7 Å². The summed E-state index contributed by atoms with van der Waals surface area (Å²) in [5.74, 6) is 1.36. The number of para-hydroxylation sites is 1. The fourth-order valence-electron chi connectivity index (χ4n) is 3.02. The van der Waals surface area contributed by atoms with Gasteiger partial charge in [0.15, 0.2) is 11.6 Å². The molecule has 144 valence electrons. The minimum Gasteiger partial charge on any atom is -0.378 e. The Balaban J connectivity index is 1.64. The third-order valence-corrected chi connectivity index (χ3v) is 4.71. The van der Waals surface area contributed by atoms with Crippen LogP contribution in [0.25, 0.3) is 22.3 Å². The SMILES string of the molecule is Cc1ccc(-c2nc(N/N=C\c3ccc(N(C)C)cc3)c3ccccc3n2)cc1. The predicted octanol–water partition coefficient (Wildman–Crippen LogP) is 5.12. The molecule has 0 spiro atoms. The molecule has 0 unspecified atom stereocenters. The van der Waals surface area contributed by atoms with Crippen molar-refractivity contribution in [2.75, 3.05) is 24.4 Å². The lowest BCUT2D eigenvalue weighted by Gasteiger charge is -2.11. The van der Waals surface area contributed by atoms with E-state index in [1.165, 1.54) is 5.56 Å². The molecule has 5 nitrogen and oxygen atoms in total. The van der Waals surface area contributed by atoms with E-state index in [1.807, 2.05) is 62.6 Å². The van der Waals surface area contributed by atoms with Crippen LogP contribution in [0.2, 0.25) is 0 Å². The highest BCUT2D eigenvalue weighted by atomic mass is 15.3. The zero-order valence-electron chi connectivity index (χ0n) is 16.8. The molecule has 1 N–H and O–H groups in total. The van der Waals surface area contributed by atoms with E-state index in [0.29, 0.717) is 11.6 Å². The van der Waals surface area contributed by atoms with Gasteiger partial charge in [-0.2, -0.15) is 5.10 Å². The second kappa shape index (κ2) is 8.10. The number of hydrogen-bond donors (Lipinski definition) is 1. The van der Waals surface area contributed by atoms with Crippen molar-refractivity contribution >= 4 is 28.6 Å². The number of hydrazone groups is 1. The van der Waals surface area contributed by atoms with Gasteiger partial charge in [0, 0.05) is 30.7 Å². The van der Waals surface area contributed by atoms with Crippen LogP contribution in [-0.4, -0.2) is 30.3 Å². The average Bonchev–Trinajstić information content (AvgIpc) is 2.74. The molecule has 4 aromatic rings. The molecule has 4 rings (SSSR count). The van der Waals surface area contributed by atoms with E-state index >= 15 is 0 Å². The number of nitrogens with zero attached hydrogens (tertiary/aromatic N) is 4. The molecule has 0 bridgehead atoms. The lowest BCUT2D eigenvalue weighted by atomic mass is 10.1. The van der Waals surface area contributed by atoms with Gasteiger partial charge < -0.3 is 4.90 Å². The number of nitrogens with one attached hydrogen (secondary N) is 1. The Morgan fingerprint density at radius 2 is 1.59 bits per heavy atom. The molecule has 0 atom stereocenters. The lowest BCUT2D eigenvalue weighted by Crippen LogP contribution is -2.08. The molecule has 0 aliphatic carbocycles. The summed E-state index contributed by atoms with van der Waals surface area (Å²) in [6.45, 7) is 2.07. The molecule has 0 aliphatic heterocycles. The minimum absolute atomic E-state index is 0.678. The fourth-order valence-corrected chi connectivity index (χ4v) is 3.02. The van der Waals surface area contributed by atoms with E-state index in [1.54, 1.807) is 6.21 Å². The Hall–Kier alpha value is -3.73. The first-order valence-electron chi connectivity index (χ1n) is 9.50. The van der Waals surface area contributed by atoms with Gasteiger partial charge >= 0.3 is 0 Å². The third-order valence-electron chi connectivity index (χ3n) is 4.71. The zero-order valence-corrected chi connectivity index (χ0v) is 16.8. The molecule has 1 aromatic heterocycles. The van der Waals surface area contributed by atoms with E-state index in [0.717, 1.165) is 27.7 Å². The quantitative estimate of drug-likeness (QED) is 0.385. The largest absolute Gasteiger partial charge is 0.378 e. The van der Waals surface area contributed by atoms with Crippen LogP contribution < -0.4 is 10.3 Å². The van der Waals surface area contributed by atoms with Crippen molar-refractivity contribution in [2.24, 2.45) is 5.10 Å². The van der Waals surface area contributed by atoms with Crippen LogP contribution in [0.1, 0.15) is 11.1 Å². The van der Waals surface area contributed by atoms with Crippen LogP contribution in [0.15, 0.2) is 77.9 Å². The smallest absolute Gasteiger partial charge is 0.162 e. The Morgan fingerprint density at radius 3 is 2.31 bits per heavy atom. The monoisotopic (exact) mass is 381 g/mol. The number of anilines is 2. The maximum Gasteiger partial charge on any atom is 0.162 e. The van der Waals surface area contributed by atoms with E-state index in [9.17, 15) is 0 Å². The summed E-state index contributed by atoms with van der Waals surface area (Å²) in [4.78, 5) is 11.5. The Morgan fingerprint density at radius 1 is 0.862 bits per heavy atom. The van der Waals surface area contributed by atoms with Crippen molar-refractivity contribution < 1.29 is 0 Å². The highest BCUT2D eigenvalue weighted by Gasteiger charge is 2.08. The molecule has 5 heteroatoms. The molecule has 29 heavy (non-hydrogen) atoms. The number of aromatic nitrogens is 2. The first-order valence-corrected chi connectivity index (χ1v) is 9.50. The minimum atomic E-state index is 0.678. The molecule has 0 saturated carbocycles. The lowest BCUT2D eigenvalue weighted by molar-refractivity contribution is 1.13.